The van der Waals surface area contributed by atoms with Crippen molar-refractivity contribution in [3.05, 3.63) is 152 Å². The second kappa shape index (κ2) is 46.7. The topological polar surface area (TPSA) is 700 Å². The lowest BCUT2D eigenvalue weighted by Crippen LogP contribution is -2.35. The molecule has 9 aromatic heterocycles. The van der Waals surface area contributed by atoms with E-state index in [1.807, 2.05) is 50.2 Å². The first-order chi connectivity index (χ1) is 48.4. The van der Waals surface area contributed by atoms with Gasteiger partial charge < -0.3 is 93.5 Å². The lowest BCUT2D eigenvalue weighted by atomic mass is 10.2. The molecule has 9 aromatic rings. The number of phosphoric acid groups is 5. The van der Waals surface area contributed by atoms with Crippen molar-refractivity contribution in [2.24, 2.45) is 0 Å². The van der Waals surface area contributed by atoms with Gasteiger partial charge in [-0.1, -0.05) is 30.1 Å². The standard InChI is InChI=1S/C12H17N4O4PS.C12H17N4OS.C6H11N3O7P2.C6H10N3O4P.C6H9N3O.C6H10NO4PS.C6H9NOS.CH4.H2O/c1-8-11(3-4-20-21(17,18)19)22-7-16(8)6-10-5-14-9(2)15-12(10)13;1-8-11(3-4-17)18-7-16(8)6-10-5-14-9(2)15-12(10)13;1-4-8-2-5(6(7)9-4)3-15-18(13,14)16-17(10,11)12;1-4-8-2-5(6(7)9-4)3-13-14(10,11)12;1-4-8-2-5(3-10)6(7)9-4;1-5-6(13-4-7-5)2-3-11-12(8,9)10;1-5-6(2-3-8)9-4-7-5;;/h5,7H,3-4,6H2,1-2H3,(H3-,13,14,15,17,18,19);5,7,17H,3-4,6H2,1-2H3,(H2,13,14,15);2H,3H2,1H3,(H,13,14)(H2,7,8,9)(H2,10,11,12);2H,3H2,1H3,(H2,7,8,9)(H2,10,11,12);2,10H,3H2,1H3,(H2,7,8,9);4H,2-3H2,1H3,(H2,8,9,10);4,8H,2-3H2,1H3;1H4;1H2/q;+1;;;;;;;/p+2. The SMILES string of the molecule is C.Cc1ncc(CO)c(N)n1.Cc1ncc(COP(=O)(O)O)c(N)n1.Cc1ncc(COP(=O)(O)OP(=O)(O)O)c(N)n1.Cc1ncc(C[n+]2csc(CCO)c2C)c(N)n1.Cc1ncc(C[n+]2csc(CCOP(=O)(O)O)c2C)c(N)n1.Cc1ncsc1CCO.Cc1ncsc1CCOP(=O)(O)O.[OH3+]. The maximum absolute atomic E-state index is 11.1. The molecule has 51 heteroatoms. The Morgan fingerprint density at radius 1 is 0.396 bits per heavy atom. The number of rotatable bonds is 25. The van der Waals surface area contributed by atoms with Crippen molar-refractivity contribution in [2.45, 2.75) is 128 Å². The molecule has 0 saturated carbocycles. The molecule has 42 nitrogen and oxygen atoms in total. The van der Waals surface area contributed by atoms with E-state index in [-0.39, 0.29) is 69.7 Å². The fraction of sp³-hybridized carbons (Fsp3) is 0.418. The van der Waals surface area contributed by atoms with Crippen LogP contribution in [0.5, 0.6) is 0 Å². The largest absolute Gasteiger partial charge is 0.481 e. The third-order valence-electron chi connectivity index (χ3n) is 12.8. The molecule has 0 aliphatic heterocycles. The Labute approximate surface area is 624 Å². The van der Waals surface area contributed by atoms with Crippen LogP contribution < -0.4 is 37.8 Å². The minimum atomic E-state index is -5.13. The smallest absolute Gasteiger partial charge is 0.457 e. The highest BCUT2D eigenvalue weighted by Gasteiger charge is 2.33. The summed E-state index contributed by atoms with van der Waals surface area (Å²) in [5.74, 6) is 4.35. The molecule has 106 heavy (non-hydrogen) atoms. The van der Waals surface area contributed by atoms with Crippen molar-refractivity contribution in [2.75, 3.05) is 55.1 Å². The average molecular weight is 1670 g/mol. The van der Waals surface area contributed by atoms with E-state index in [9.17, 15) is 22.8 Å². The summed E-state index contributed by atoms with van der Waals surface area (Å²) in [5, 5.41) is 26.2. The predicted molar refractivity (Wildman–Crippen MR) is 393 cm³/mol. The van der Waals surface area contributed by atoms with Crippen LogP contribution in [0, 0.1) is 62.3 Å². The van der Waals surface area contributed by atoms with E-state index in [1.54, 1.807) is 73.8 Å². The van der Waals surface area contributed by atoms with Crippen LogP contribution in [0.25, 0.3) is 0 Å². The summed E-state index contributed by atoms with van der Waals surface area (Å²) in [6.07, 6.45) is 10.0. The van der Waals surface area contributed by atoms with E-state index in [1.165, 1.54) is 51.0 Å². The number of thiazole rings is 4. The number of anilines is 5. The molecule has 1 atom stereocenters. The van der Waals surface area contributed by atoms with Crippen LogP contribution in [-0.4, -0.2) is 146 Å². The number of nitrogens with two attached hydrogens (primary N) is 5. The second-order valence-electron chi connectivity index (χ2n) is 20.9. The van der Waals surface area contributed by atoms with Gasteiger partial charge in [0, 0.05) is 110 Å². The first-order valence-electron chi connectivity index (χ1n) is 29.7. The molecule has 9 heterocycles. The quantitative estimate of drug-likeness (QED) is 0.0222. The Morgan fingerprint density at radius 2 is 0.698 bits per heavy atom. The van der Waals surface area contributed by atoms with E-state index in [0.717, 1.165) is 50.1 Å². The van der Waals surface area contributed by atoms with E-state index >= 15 is 0 Å². The molecule has 0 spiro atoms. The highest BCUT2D eigenvalue weighted by molar-refractivity contribution is 7.60. The predicted octanol–water partition coefficient (Wildman–Crippen LogP) is 3.07. The zero-order chi connectivity index (χ0) is 78.3. The van der Waals surface area contributed by atoms with E-state index in [4.69, 9.17) is 88.0 Å². The van der Waals surface area contributed by atoms with Crippen LogP contribution in [0.4, 0.5) is 29.1 Å². The zero-order valence-electron chi connectivity index (χ0n) is 57.9. The van der Waals surface area contributed by atoms with Gasteiger partial charge in [0.2, 0.25) is 11.0 Å². The number of aliphatic hydroxyl groups excluding tert-OH is 3. The summed E-state index contributed by atoms with van der Waals surface area (Å²) in [6.45, 7) is 17.1. The van der Waals surface area contributed by atoms with Crippen molar-refractivity contribution in [1.29, 1.82) is 0 Å². The van der Waals surface area contributed by atoms with Crippen molar-refractivity contribution >= 4 is 114 Å². The first-order valence-corrected chi connectivity index (χ1v) is 40.8. The summed E-state index contributed by atoms with van der Waals surface area (Å²) in [7, 11) is -23.2. The molecule has 0 radical (unpaired) electrons. The number of phosphoric ester groups is 4. The number of hydrogen-bond donors (Lipinski definition) is 17. The molecule has 590 valence electrons. The molecule has 0 amide bonds. The Morgan fingerprint density at radius 3 is 1.00 bits per heavy atom. The molecule has 0 saturated heterocycles. The highest BCUT2D eigenvalue weighted by atomic mass is 32.1. The van der Waals surface area contributed by atoms with E-state index in [2.05, 4.69) is 86.8 Å². The maximum atomic E-state index is 11.1. The summed E-state index contributed by atoms with van der Waals surface area (Å²) >= 11 is 6.21. The number of aliphatic hydroxyl groups is 3. The molecular formula is C55H91N19O23P5S4+3. The number of nitrogens with zero attached hydrogens (tertiary/aromatic N) is 14. The minimum absolute atomic E-state index is 0. The molecule has 1 unspecified atom stereocenters. The fourth-order valence-corrected chi connectivity index (χ4v) is 13.5. The molecule has 0 aliphatic rings. The third kappa shape index (κ3) is 38.9. The summed E-state index contributed by atoms with van der Waals surface area (Å²) in [5.41, 5.74) is 42.6. The third-order valence-corrected chi connectivity index (χ3v) is 20.7. The molecule has 0 aromatic carbocycles. The van der Waals surface area contributed by atoms with Crippen molar-refractivity contribution < 1.29 is 119 Å². The van der Waals surface area contributed by atoms with Crippen molar-refractivity contribution in [1.82, 2.24) is 59.8 Å². The molecule has 0 aliphatic carbocycles. The summed E-state index contributed by atoms with van der Waals surface area (Å²) < 4.78 is 77.9. The first kappa shape index (κ1) is 97.4. The minimum Gasteiger partial charge on any atom is -0.457 e. The van der Waals surface area contributed by atoms with Gasteiger partial charge in [0.25, 0.3) is 0 Å². The van der Waals surface area contributed by atoms with Gasteiger partial charge in [-0.25, -0.2) is 82.6 Å². The monoisotopic (exact) mass is 1670 g/mol. The molecular weight excluding hydrogens is 1580 g/mol. The molecule has 0 fully saturated rings. The van der Waals surface area contributed by atoms with Gasteiger partial charge in [-0.15, -0.1) is 22.7 Å². The van der Waals surface area contributed by atoms with Crippen LogP contribution in [0.2, 0.25) is 0 Å². The number of aromatic nitrogens is 14. The average Bonchev–Trinajstić information content (AvgIpc) is 1.66. The second-order valence-corrected chi connectivity index (χ2v) is 31.2. The van der Waals surface area contributed by atoms with Crippen molar-refractivity contribution in [3.8, 4) is 0 Å². The Kier molecular flexibility index (Phi) is 42.8. The van der Waals surface area contributed by atoms with E-state index < -0.39 is 45.7 Å². The molecule has 25 N–H and O–H groups in total. The maximum Gasteiger partial charge on any atom is 0.481 e. The lowest BCUT2D eigenvalue weighted by molar-refractivity contribution is -0.689. The number of hydrogen-bond acceptors (Lipinski definition) is 34. The normalized spacial score (nSPS) is 11.7. The Balaban J connectivity index is 0.000000627. The molecule has 9 rings (SSSR count). The van der Waals surface area contributed by atoms with Gasteiger partial charge in [-0.05, 0) is 48.5 Å². The van der Waals surface area contributed by atoms with Gasteiger partial charge in [0.1, 0.15) is 58.2 Å². The fourth-order valence-electron chi connectivity index (χ4n) is 7.52. The van der Waals surface area contributed by atoms with Gasteiger partial charge >= 0.3 is 39.1 Å². The van der Waals surface area contributed by atoms with Gasteiger partial charge in [0.15, 0.2) is 24.5 Å². The van der Waals surface area contributed by atoms with Crippen LogP contribution in [0.15, 0.2) is 53.0 Å². The Bertz CT molecular complexity index is 4430. The highest BCUT2D eigenvalue weighted by Crippen LogP contribution is 2.58. The van der Waals surface area contributed by atoms with Crippen LogP contribution in [-0.2, 0) is 109 Å². The number of nitrogen functional groups attached to an aromatic ring is 5. The van der Waals surface area contributed by atoms with Crippen LogP contribution in [0.1, 0.15) is 107 Å². The summed E-state index contributed by atoms with van der Waals surface area (Å²) in [6, 6.07) is 0. The summed E-state index contributed by atoms with van der Waals surface area (Å²) in [4.78, 5) is 129. The van der Waals surface area contributed by atoms with Gasteiger partial charge in [-0.2, -0.15) is 13.4 Å². The number of aryl methyl sites for hydroxylation is 7. The zero-order valence-corrected chi connectivity index (χ0v) is 65.7. The van der Waals surface area contributed by atoms with Crippen molar-refractivity contribution in [3.63, 3.8) is 0 Å². The lowest BCUT2D eigenvalue weighted by Gasteiger charge is -2.12. The molecule has 0 bridgehead atoms. The van der Waals surface area contributed by atoms with Gasteiger partial charge in [0.05, 0.1) is 76.3 Å². The van der Waals surface area contributed by atoms with E-state index in [0.29, 0.717) is 90.1 Å². The van der Waals surface area contributed by atoms with Gasteiger partial charge in [-0.3, -0.25) is 18.1 Å². The van der Waals surface area contributed by atoms with Crippen LogP contribution >= 0.6 is 84.5 Å². The Hall–Kier alpha value is -6.65. The van der Waals surface area contributed by atoms with Crippen LogP contribution in [0.3, 0.4) is 0 Å².